The molecule has 1 saturated heterocycles. The second-order valence-corrected chi connectivity index (χ2v) is 10.4. The van der Waals surface area contributed by atoms with E-state index in [1.807, 2.05) is 36.6 Å². The van der Waals surface area contributed by atoms with Crippen molar-refractivity contribution in [1.29, 1.82) is 0 Å². The molecule has 164 valence electrons. The average molecular weight is 478 g/mol. The van der Waals surface area contributed by atoms with E-state index in [2.05, 4.69) is 17.8 Å². The van der Waals surface area contributed by atoms with E-state index in [0.29, 0.717) is 31.8 Å². The van der Waals surface area contributed by atoms with Crippen molar-refractivity contribution in [2.24, 2.45) is 0 Å². The van der Waals surface area contributed by atoms with E-state index in [1.54, 1.807) is 11.3 Å². The summed E-state index contributed by atoms with van der Waals surface area (Å²) in [6, 6.07) is 13.3. The molecule has 10 heteroatoms. The Kier molecular flexibility index (Phi) is 6.42. The normalized spacial score (nSPS) is 17.6. The molecule has 1 unspecified atom stereocenters. The first-order valence-electron chi connectivity index (χ1n) is 9.78. The molecule has 1 atom stereocenters. The van der Waals surface area contributed by atoms with E-state index >= 15 is 0 Å². The van der Waals surface area contributed by atoms with Crippen LogP contribution in [0.4, 0.5) is 5.13 Å². The van der Waals surface area contributed by atoms with Gasteiger partial charge in [-0.25, -0.2) is 13.4 Å². The fraction of sp³-hybridized carbons (Fsp3) is 0.286. The quantitative estimate of drug-likeness (QED) is 0.417. The molecule has 2 heterocycles. The number of phenolic OH excluding ortho intramolecular Hbond substituents is 1. The van der Waals surface area contributed by atoms with Crippen molar-refractivity contribution < 1.29 is 17.7 Å². The summed E-state index contributed by atoms with van der Waals surface area (Å²) >= 11 is 5.48. The van der Waals surface area contributed by atoms with Gasteiger partial charge in [0.1, 0.15) is 11.5 Å². The number of sulfonamides is 1. The molecule has 0 aliphatic carbocycles. The summed E-state index contributed by atoms with van der Waals surface area (Å²) < 4.78 is 32.5. The van der Waals surface area contributed by atoms with Gasteiger partial charge >= 0.3 is 0 Å². The molecule has 0 radical (unpaired) electrons. The highest BCUT2D eigenvalue weighted by atomic mass is 32.2. The first-order valence-corrected chi connectivity index (χ1v) is 12.5. The van der Waals surface area contributed by atoms with Crippen molar-refractivity contribution in [2.45, 2.75) is 24.3 Å². The maximum Gasteiger partial charge on any atom is 0.243 e. The summed E-state index contributed by atoms with van der Waals surface area (Å²) in [5.74, 6) is 0.752. The van der Waals surface area contributed by atoms with Crippen LogP contribution in [0.5, 0.6) is 11.5 Å². The molecule has 3 aromatic rings. The first-order chi connectivity index (χ1) is 14.9. The largest absolute Gasteiger partial charge is 0.508 e. The molecule has 1 N–H and O–H groups in total. The summed E-state index contributed by atoms with van der Waals surface area (Å²) in [5, 5.41) is 12.3. The van der Waals surface area contributed by atoms with Crippen LogP contribution in [0.15, 0.2) is 58.8 Å². The van der Waals surface area contributed by atoms with Gasteiger partial charge in [-0.2, -0.15) is 4.31 Å². The lowest BCUT2D eigenvalue weighted by molar-refractivity contribution is 0.342. The van der Waals surface area contributed by atoms with Gasteiger partial charge in [0, 0.05) is 56.0 Å². The van der Waals surface area contributed by atoms with E-state index < -0.39 is 10.0 Å². The number of thiol groups is 1. The van der Waals surface area contributed by atoms with Crippen LogP contribution in [-0.4, -0.2) is 48.5 Å². The zero-order valence-electron chi connectivity index (χ0n) is 16.9. The molecule has 0 bridgehead atoms. The van der Waals surface area contributed by atoms with E-state index in [1.165, 1.54) is 28.6 Å². The number of benzene rings is 2. The molecular weight excluding hydrogens is 454 g/mol. The molecule has 0 amide bonds. The maximum absolute atomic E-state index is 12.9. The highest BCUT2D eigenvalue weighted by Crippen LogP contribution is 2.29. The van der Waals surface area contributed by atoms with Crippen LogP contribution in [-0.2, 0) is 16.4 Å². The average Bonchev–Trinajstić information content (AvgIpc) is 3.22. The number of hydrogen-bond donors (Lipinski definition) is 2. The molecule has 2 aromatic carbocycles. The van der Waals surface area contributed by atoms with Crippen molar-refractivity contribution in [3.63, 3.8) is 0 Å². The van der Waals surface area contributed by atoms with Crippen LogP contribution in [0, 0.1) is 0 Å². The van der Waals surface area contributed by atoms with E-state index in [0.717, 1.165) is 16.4 Å². The van der Waals surface area contributed by atoms with Crippen molar-refractivity contribution in [3.8, 4) is 11.5 Å². The number of hydrogen-bond acceptors (Lipinski definition) is 8. The number of aromatic nitrogens is 1. The Labute approximate surface area is 191 Å². The van der Waals surface area contributed by atoms with Crippen LogP contribution in [0.2, 0.25) is 0 Å². The summed E-state index contributed by atoms with van der Waals surface area (Å²) in [6.45, 7) is 3.30. The Morgan fingerprint density at radius 2 is 1.94 bits per heavy atom. The van der Waals surface area contributed by atoms with Gasteiger partial charge < -0.3 is 14.2 Å². The van der Waals surface area contributed by atoms with Crippen LogP contribution in [0.1, 0.15) is 18.2 Å². The van der Waals surface area contributed by atoms with Gasteiger partial charge in [-0.05, 0) is 37.3 Å². The zero-order valence-corrected chi connectivity index (χ0v) is 19.4. The molecular formula is C21H23N3O4S3. The Hall–Kier alpha value is -2.27. The van der Waals surface area contributed by atoms with Gasteiger partial charge in [0.15, 0.2) is 5.13 Å². The lowest BCUT2D eigenvalue weighted by atomic mass is 10.1. The number of para-hydroxylation sites is 1. The maximum atomic E-state index is 12.9. The van der Waals surface area contributed by atoms with Gasteiger partial charge in [-0.3, -0.25) is 0 Å². The number of phenols is 1. The molecule has 4 rings (SSSR count). The third-order valence-electron chi connectivity index (χ3n) is 5.29. The lowest BCUT2D eigenvalue weighted by Gasteiger charge is -2.39. The summed E-state index contributed by atoms with van der Waals surface area (Å²) in [5.41, 5.74) is 1.94. The second-order valence-electron chi connectivity index (χ2n) is 7.40. The molecule has 0 saturated carbocycles. The van der Waals surface area contributed by atoms with E-state index in [4.69, 9.17) is 9.17 Å². The Bertz CT molecular complexity index is 1150. The Balaban J connectivity index is 1.45. The van der Waals surface area contributed by atoms with Crippen LogP contribution < -0.4 is 9.08 Å². The van der Waals surface area contributed by atoms with Crippen LogP contribution in [0.3, 0.4) is 0 Å². The number of anilines is 1. The van der Waals surface area contributed by atoms with Crippen molar-refractivity contribution >= 4 is 39.4 Å². The topological polar surface area (TPSA) is 83.0 Å². The molecule has 31 heavy (non-hydrogen) atoms. The summed E-state index contributed by atoms with van der Waals surface area (Å²) in [4.78, 5) is 7.12. The minimum Gasteiger partial charge on any atom is -0.508 e. The minimum atomic E-state index is -3.60. The van der Waals surface area contributed by atoms with Crippen molar-refractivity contribution in [1.82, 2.24) is 9.29 Å². The number of piperazine rings is 1. The molecule has 1 aliphatic heterocycles. The third kappa shape index (κ3) is 4.67. The highest BCUT2D eigenvalue weighted by Gasteiger charge is 2.33. The molecule has 1 aliphatic rings. The number of thiazole rings is 1. The summed E-state index contributed by atoms with van der Waals surface area (Å²) in [6.07, 6.45) is 0.636. The predicted octanol–water partition coefficient (Wildman–Crippen LogP) is 3.56. The molecule has 1 fully saturated rings. The number of aromatic hydroxyl groups is 1. The highest BCUT2D eigenvalue weighted by molar-refractivity contribution is 7.89. The van der Waals surface area contributed by atoms with Gasteiger partial charge in [-0.1, -0.05) is 18.2 Å². The third-order valence-corrected chi connectivity index (χ3v) is 8.30. The fourth-order valence-corrected chi connectivity index (χ4v) is 6.28. The SMILES string of the molecule is CC1CN(S(=O)(=O)c2ccc(O)cc2)CCN1c1nc(Cc2ccccc2OS)cs1. The predicted molar refractivity (Wildman–Crippen MR) is 125 cm³/mol. The van der Waals surface area contributed by atoms with E-state index in [9.17, 15) is 13.5 Å². The van der Waals surface area contributed by atoms with Crippen LogP contribution >= 0.6 is 24.2 Å². The van der Waals surface area contributed by atoms with Crippen LogP contribution in [0.25, 0.3) is 0 Å². The molecule has 0 spiro atoms. The zero-order chi connectivity index (χ0) is 22.0. The molecule has 7 nitrogen and oxygen atoms in total. The van der Waals surface area contributed by atoms with Gasteiger partial charge in [0.25, 0.3) is 0 Å². The Morgan fingerprint density at radius 1 is 1.19 bits per heavy atom. The number of rotatable bonds is 6. The molecule has 1 aromatic heterocycles. The second kappa shape index (κ2) is 9.07. The summed E-state index contributed by atoms with van der Waals surface area (Å²) in [7, 11) is -3.60. The number of nitrogens with zero attached hydrogens (tertiary/aromatic N) is 3. The van der Waals surface area contributed by atoms with Gasteiger partial charge in [0.05, 0.1) is 10.6 Å². The Morgan fingerprint density at radius 3 is 2.65 bits per heavy atom. The monoisotopic (exact) mass is 477 g/mol. The fourth-order valence-electron chi connectivity index (χ4n) is 3.64. The van der Waals surface area contributed by atoms with Gasteiger partial charge in [0.2, 0.25) is 10.0 Å². The van der Waals surface area contributed by atoms with Crippen molar-refractivity contribution in [2.75, 3.05) is 24.5 Å². The first kappa shape index (κ1) is 21.9. The van der Waals surface area contributed by atoms with Gasteiger partial charge in [-0.15, -0.1) is 11.3 Å². The van der Waals surface area contributed by atoms with Crippen molar-refractivity contribution in [3.05, 3.63) is 65.2 Å². The minimum absolute atomic E-state index is 0.0206. The standard InChI is InChI=1S/C21H23N3O4S3/c1-15-13-23(31(26,27)19-8-6-18(25)7-9-19)10-11-24(15)21-22-17(14-30-21)12-16-4-2-3-5-20(16)28-29/h2-9,14-15,25,29H,10-13H2,1H3. The van der Waals surface area contributed by atoms with E-state index in [-0.39, 0.29) is 16.7 Å². The lowest BCUT2D eigenvalue weighted by Crippen LogP contribution is -2.53. The smallest absolute Gasteiger partial charge is 0.243 e.